The lowest BCUT2D eigenvalue weighted by Crippen LogP contribution is -2.29. The molecule has 1 aromatic carbocycles. The molecule has 3 aromatic rings. The number of benzene rings is 1. The first-order valence-electron chi connectivity index (χ1n) is 7.64. The Bertz CT molecular complexity index is 865. The maximum atomic E-state index is 12.8. The minimum Gasteiger partial charge on any atom is -0.467 e. The summed E-state index contributed by atoms with van der Waals surface area (Å²) in [6.45, 7) is 2.37. The summed E-state index contributed by atoms with van der Waals surface area (Å²) in [5.74, 6) is 1.79. The number of nitro benzene ring substituents is 1. The molecule has 128 valence electrons. The number of furan rings is 2. The van der Waals surface area contributed by atoms with Crippen LogP contribution in [0, 0.1) is 17.0 Å². The topological polar surface area (TPSA) is 89.7 Å². The molecule has 0 saturated heterocycles. The summed E-state index contributed by atoms with van der Waals surface area (Å²) in [6, 6.07) is 12.7. The molecule has 0 fully saturated rings. The van der Waals surface area contributed by atoms with Gasteiger partial charge in [-0.25, -0.2) is 0 Å². The molecule has 2 heterocycles. The lowest BCUT2D eigenvalue weighted by atomic mass is 10.1. The smallest absolute Gasteiger partial charge is 0.269 e. The Morgan fingerprint density at radius 2 is 1.80 bits per heavy atom. The molecule has 0 bridgehead atoms. The molecular weight excluding hydrogens is 324 g/mol. The molecule has 1 amide bonds. The van der Waals surface area contributed by atoms with Gasteiger partial charge in [0, 0.05) is 17.7 Å². The van der Waals surface area contributed by atoms with Gasteiger partial charge >= 0.3 is 0 Å². The average Bonchev–Trinajstić information content (AvgIpc) is 3.25. The fraction of sp³-hybridized carbons (Fsp3) is 0.167. The monoisotopic (exact) mass is 340 g/mol. The van der Waals surface area contributed by atoms with Gasteiger partial charge in [0.1, 0.15) is 17.3 Å². The predicted octanol–water partition coefficient (Wildman–Crippen LogP) is 3.93. The first kappa shape index (κ1) is 16.5. The third kappa shape index (κ3) is 3.95. The second-order valence-electron chi connectivity index (χ2n) is 5.56. The number of carbonyl (C=O) groups excluding carboxylic acids is 1. The van der Waals surface area contributed by atoms with E-state index in [1.165, 1.54) is 24.3 Å². The van der Waals surface area contributed by atoms with Crippen molar-refractivity contribution in [3.63, 3.8) is 0 Å². The molecule has 0 unspecified atom stereocenters. The predicted molar refractivity (Wildman–Crippen MR) is 88.8 cm³/mol. The van der Waals surface area contributed by atoms with E-state index in [1.807, 2.05) is 19.1 Å². The van der Waals surface area contributed by atoms with E-state index in [9.17, 15) is 14.9 Å². The number of nitrogens with zero attached hydrogens (tertiary/aromatic N) is 2. The standard InChI is InChI=1S/C18H16N2O5/c1-13-4-9-17(25-13)12-19(11-16-3-2-10-24-16)18(21)14-5-7-15(8-6-14)20(22)23/h2-10H,11-12H2,1H3. The van der Waals surface area contributed by atoms with Crippen LogP contribution in [0.3, 0.4) is 0 Å². The molecule has 0 spiro atoms. The quantitative estimate of drug-likeness (QED) is 0.501. The largest absolute Gasteiger partial charge is 0.467 e. The number of aryl methyl sites for hydroxylation is 1. The first-order chi connectivity index (χ1) is 12.0. The highest BCUT2D eigenvalue weighted by Crippen LogP contribution is 2.18. The molecule has 0 aliphatic rings. The first-order valence-corrected chi connectivity index (χ1v) is 7.64. The highest BCUT2D eigenvalue weighted by atomic mass is 16.6. The second kappa shape index (κ2) is 7.04. The lowest BCUT2D eigenvalue weighted by molar-refractivity contribution is -0.384. The van der Waals surface area contributed by atoms with E-state index in [2.05, 4.69) is 0 Å². The number of nitro groups is 1. The van der Waals surface area contributed by atoms with Gasteiger partial charge < -0.3 is 13.7 Å². The average molecular weight is 340 g/mol. The third-order valence-electron chi connectivity index (χ3n) is 3.68. The number of amides is 1. The summed E-state index contributed by atoms with van der Waals surface area (Å²) in [5.41, 5.74) is 0.302. The minimum absolute atomic E-state index is 0.0595. The zero-order valence-electron chi connectivity index (χ0n) is 13.5. The molecule has 0 aliphatic heterocycles. The van der Waals surface area contributed by atoms with Crippen molar-refractivity contribution in [2.24, 2.45) is 0 Å². The summed E-state index contributed by atoms with van der Waals surface area (Å²) < 4.78 is 10.9. The fourth-order valence-electron chi connectivity index (χ4n) is 2.46. The van der Waals surface area contributed by atoms with Gasteiger partial charge in [-0.2, -0.15) is 0 Å². The van der Waals surface area contributed by atoms with E-state index in [-0.39, 0.29) is 24.7 Å². The Morgan fingerprint density at radius 3 is 2.36 bits per heavy atom. The van der Waals surface area contributed by atoms with Gasteiger partial charge in [0.25, 0.3) is 11.6 Å². The van der Waals surface area contributed by atoms with Gasteiger partial charge in [-0.05, 0) is 43.3 Å². The summed E-state index contributed by atoms with van der Waals surface area (Å²) in [5, 5.41) is 10.8. The molecule has 0 N–H and O–H groups in total. The summed E-state index contributed by atoms with van der Waals surface area (Å²) >= 11 is 0. The molecule has 25 heavy (non-hydrogen) atoms. The van der Waals surface area contributed by atoms with Crippen LogP contribution in [-0.2, 0) is 13.1 Å². The van der Waals surface area contributed by atoms with Crippen molar-refractivity contribution in [2.45, 2.75) is 20.0 Å². The van der Waals surface area contributed by atoms with Gasteiger partial charge in [-0.1, -0.05) is 0 Å². The van der Waals surface area contributed by atoms with Crippen molar-refractivity contribution in [2.75, 3.05) is 0 Å². The lowest BCUT2D eigenvalue weighted by Gasteiger charge is -2.20. The van der Waals surface area contributed by atoms with E-state index < -0.39 is 4.92 Å². The Kier molecular flexibility index (Phi) is 4.65. The molecule has 7 nitrogen and oxygen atoms in total. The Balaban J connectivity index is 1.83. The maximum Gasteiger partial charge on any atom is 0.269 e. The van der Waals surface area contributed by atoms with Crippen molar-refractivity contribution in [1.29, 1.82) is 0 Å². The Labute approximate surface area is 143 Å². The molecular formula is C18H16N2O5. The van der Waals surface area contributed by atoms with Crippen molar-refractivity contribution >= 4 is 11.6 Å². The van der Waals surface area contributed by atoms with Crippen LogP contribution in [0.2, 0.25) is 0 Å². The van der Waals surface area contributed by atoms with Crippen LogP contribution in [-0.4, -0.2) is 15.7 Å². The molecule has 2 aromatic heterocycles. The highest BCUT2D eigenvalue weighted by Gasteiger charge is 2.20. The molecule has 0 saturated carbocycles. The summed E-state index contributed by atoms with van der Waals surface area (Å²) in [7, 11) is 0. The van der Waals surface area contributed by atoms with Crippen molar-refractivity contribution in [3.8, 4) is 0 Å². The third-order valence-corrected chi connectivity index (χ3v) is 3.68. The van der Waals surface area contributed by atoms with E-state index in [0.717, 1.165) is 5.76 Å². The van der Waals surface area contributed by atoms with Crippen LogP contribution in [0.15, 0.2) is 63.6 Å². The second-order valence-corrected chi connectivity index (χ2v) is 5.56. The van der Waals surface area contributed by atoms with Crippen LogP contribution < -0.4 is 0 Å². The van der Waals surface area contributed by atoms with Crippen LogP contribution in [0.5, 0.6) is 0 Å². The number of hydrogen-bond acceptors (Lipinski definition) is 5. The summed E-state index contributed by atoms with van der Waals surface area (Å²) in [4.78, 5) is 24.7. The number of rotatable bonds is 6. The van der Waals surface area contributed by atoms with Crippen molar-refractivity contribution in [1.82, 2.24) is 4.90 Å². The van der Waals surface area contributed by atoms with E-state index in [0.29, 0.717) is 17.1 Å². The van der Waals surface area contributed by atoms with Crippen molar-refractivity contribution < 1.29 is 18.6 Å². The van der Waals surface area contributed by atoms with E-state index in [4.69, 9.17) is 8.83 Å². The van der Waals surface area contributed by atoms with Gasteiger partial charge in [0.05, 0.1) is 24.3 Å². The SMILES string of the molecule is Cc1ccc(CN(Cc2ccco2)C(=O)c2ccc([N+](=O)[O-])cc2)o1. The maximum absolute atomic E-state index is 12.8. The van der Waals surface area contributed by atoms with Crippen molar-refractivity contribution in [3.05, 3.63) is 87.8 Å². The van der Waals surface area contributed by atoms with Gasteiger partial charge in [0.2, 0.25) is 0 Å². The Hall–Kier alpha value is -3.35. The van der Waals surface area contributed by atoms with E-state index >= 15 is 0 Å². The molecule has 0 atom stereocenters. The normalized spacial score (nSPS) is 10.6. The van der Waals surface area contributed by atoms with Gasteiger partial charge in [-0.15, -0.1) is 0 Å². The van der Waals surface area contributed by atoms with E-state index in [1.54, 1.807) is 23.3 Å². The van der Waals surface area contributed by atoms with Crippen LogP contribution in [0.4, 0.5) is 5.69 Å². The van der Waals surface area contributed by atoms with Gasteiger partial charge in [0.15, 0.2) is 0 Å². The minimum atomic E-state index is -0.500. The number of hydrogen-bond donors (Lipinski definition) is 0. The van der Waals surface area contributed by atoms with Crippen LogP contribution in [0.1, 0.15) is 27.6 Å². The van der Waals surface area contributed by atoms with Crippen LogP contribution in [0.25, 0.3) is 0 Å². The number of carbonyl (C=O) groups is 1. The summed E-state index contributed by atoms with van der Waals surface area (Å²) in [6.07, 6.45) is 1.54. The molecule has 7 heteroatoms. The zero-order valence-corrected chi connectivity index (χ0v) is 13.5. The molecule has 0 radical (unpaired) electrons. The Morgan fingerprint density at radius 1 is 1.08 bits per heavy atom. The van der Waals surface area contributed by atoms with Gasteiger partial charge in [-0.3, -0.25) is 14.9 Å². The van der Waals surface area contributed by atoms with Crippen LogP contribution >= 0.6 is 0 Å². The zero-order chi connectivity index (χ0) is 17.8. The molecule has 0 aliphatic carbocycles. The number of non-ortho nitro benzene ring substituents is 1. The fourth-order valence-corrected chi connectivity index (χ4v) is 2.46. The molecule has 3 rings (SSSR count). The highest BCUT2D eigenvalue weighted by molar-refractivity contribution is 5.94.